The molecule has 0 atom stereocenters. The summed E-state index contributed by atoms with van der Waals surface area (Å²) in [4.78, 5) is 33.8. The molecule has 1 saturated carbocycles. The van der Waals surface area contributed by atoms with Gasteiger partial charge in [-0.2, -0.15) is 0 Å². The molecule has 0 spiro atoms. The zero-order valence-electron chi connectivity index (χ0n) is 17.3. The van der Waals surface area contributed by atoms with E-state index in [-0.39, 0.29) is 17.0 Å². The van der Waals surface area contributed by atoms with Gasteiger partial charge in [-0.25, -0.2) is 4.98 Å². The van der Waals surface area contributed by atoms with Gasteiger partial charge in [-0.1, -0.05) is 18.6 Å². The molecular formula is C23H33N4O2+. The molecule has 2 fully saturated rings. The number of carbonyl (C=O) groups excluding carboxylic acids is 1. The second kappa shape index (κ2) is 9.08. The molecule has 1 saturated heterocycles. The number of hydrogen-bond acceptors (Lipinski definition) is 3. The molecule has 4 rings (SSSR count). The van der Waals surface area contributed by atoms with Crippen LogP contribution in [0, 0.1) is 0 Å². The van der Waals surface area contributed by atoms with E-state index in [0.717, 1.165) is 6.54 Å². The summed E-state index contributed by atoms with van der Waals surface area (Å²) in [6.07, 6.45) is 11.1. The number of para-hydroxylation sites is 1. The Balaban J connectivity index is 1.36. The Hall–Kier alpha value is -2.21. The fourth-order valence-corrected chi connectivity index (χ4v) is 5.23. The fourth-order valence-electron chi connectivity index (χ4n) is 5.23. The van der Waals surface area contributed by atoms with Crippen molar-refractivity contribution in [2.24, 2.45) is 0 Å². The topological polar surface area (TPSA) is 79.3 Å². The van der Waals surface area contributed by atoms with Crippen molar-refractivity contribution in [3.63, 3.8) is 0 Å². The molecule has 29 heavy (non-hydrogen) atoms. The number of amides is 1. The first kappa shape index (κ1) is 20.1. The average Bonchev–Trinajstić information content (AvgIpc) is 2.77. The lowest BCUT2D eigenvalue weighted by atomic mass is 9.79. The molecule has 2 aliphatic rings. The summed E-state index contributed by atoms with van der Waals surface area (Å²) in [6, 6.07) is 7.31. The average molecular weight is 398 g/mol. The van der Waals surface area contributed by atoms with Crippen LogP contribution in [0.1, 0.15) is 63.6 Å². The summed E-state index contributed by atoms with van der Waals surface area (Å²) in [5.74, 6) is 0.639. The Labute approximate surface area is 172 Å². The number of aromatic nitrogens is 2. The highest BCUT2D eigenvalue weighted by molar-refractivity contribution is 5.78. The summed E-state index contributed by atoms with van der Waals surface area (Å²) in [7, 11) is 0. The Morgan fingerprint density at radius 3 is 2.59 bits per heavy atom. The number of aryl methyl sites for hydroxylation is 1. The normalized spacial score (nSPS) is 19.9. The Morgan fingerprint density at radius 1 is 1.07 bits per heavy atom. The number of hydrogen-bond donors (Lipinski definition) is 3. The lowest BCUT2D eigenvalue weighted by molar-refractivity contribution is -0.957. The number of aromatic amines is 1. The number of fused-ring (bicyclic) bond motifs is 1. The maximum Gasteiger partial charge on any atom is 0.258 e. The number of H-pyrrole nitrogens is 1. The monoisotopic (exact) mass is 397 g/mol. The minimum atomic E-state index is -0.138. The first-order valence-electron chi connectivity index (χ1n) is 11.3. The third kappa shape index (κ3) is 4.69. The zero-order valence-corrected chi connectivity index (χ0v) is 17.3. The van der Waals surface area contributed by atoms with Gasteiger partial charge in [-0.15, -0.1) is 0 Å². The van der Waals surface area contributed by atoms with Gasteiger partial charge in [0.05, 0.1) is 30.5 Å². The van der Waals surface area contributed by atoms with Gasteiger partial charge in [0.1, 0.15) is 11.4 Å². The molecule has 6 nitrogen and oxygen atoms in total. The van der Waals surface area contributed by atoms with Crippen molar-refractivity contribution in [3.05, 3.63) is 40.4 Å². The largest absolute Gasteiger partial charge is 0.350 e. The van der Waals surface area contributed by atoms with E-state index in [1.165, 1.54) is 64.5 Å². The highest BCUT2D eigenvalue weighted by Crippen LogP contribution is 2.26. The molecule has 3 N–H and O–H groups in total. The van der Waals surface area contributed by atoms with Crippen LogP contribution in [-0.4, -0.2) is 41.0 Å². The van der Waals surface area contributed by atoms with Crippen molar-refractivity contribution in [1.82, 2.24) is 15.3 Å². The number of piperidine rings is 1. The predicted molar refractivity (Wildman–Crippen MR) is 114 cm³/mol. The molecule has 6 heteroatoms. The number of rotatable bonds is 6. The van der Waals surface area contributed by atoms with Gasteiger partial charge < -0.3 is 15.2 Å². The Kier molecular flexibility index (Phi) is 6.28. The van der Waals surface area contributed by atoms with Crippen LogP contribution in [0.4, 0.5) is 0 Å². The molecule has 0 radical (unpaired) electrons. The van der Waals surface area contributed by atoms with Gasteiger partial charge in [-0.3, -0.25) is 9.59 Å². The van der Waals surface area contributed by atoms with Gasteiger partial charge >= 0.3 is 0 Å². The third-order valence-electron chi connectivity index (χ3n) is 6.89. The summed E-state index contributed by atoms with van der Waals surface area (Å²) in [5, 5.41) is 3.82. The summed E-state index contributed by atoms with van der Waals surface area (Å²) in [6.45, 7) is 3.28. The molecule has 2 aromatic rings. The van der Waals surface area contributed by atoms with Crippen LogP contribution < -0.4 is 15.8 Å². The predicted octanol–water partition coefficient (Wildman–Crippen LogP) is 1.74. The van der Waals surface area contributed by atoms with E-state index in [1.54, 1.807) is 11.0 Å². The van der Waals surface area contributed by atoms with Crippen LogP contribution in [-0.2, 0) is 11.2 Å². The van der Waals surface area contributed by atoms with E-state index in [4.69, 9.17) is 0 Å². The standard InChI is InChI=1S/C23H32N4O2/c28-21(12-11-20-25-19-10-4-3-9-18(19)22(29)26-20)24-17-23(13-5-1-6-14-23)27-15-7-2-8-16-27/h3-4,9-10H,1-2,5-8,11-17H2,(H,24,28)(H,25,26,29)/p+1. The minimum Gasteiger partial charge on any atom is -0.350 e. The van der Waals surface area contributed by atoms with Gasteiger partial charge in [0.25, 0.3) is 5.56 Å². The number of quaternary nitrogens is 1. The summed E-state index contributed by atoms with van der Waals surface area (Å²) in [5.41, 5.74) is 0.770. The zero-order chi connectivity index (χ0) is 20.1. The lowest BCUT2D eigenvalue weighted by Gasteiger charge is -2.45. The third-order valence-corrected chi connectivity index (χ3v) is 6.89. The van der Waals surface area contributed by atoms with E-state index in [9.17, 15) is 9.59 Å². The molecule has 1 aliphatic heterocycles. The first-order valence-corrected chi connectivity index (χ1v) is 11.3. The van der Waals surface area contributed by atoms with E-state index >= 15 is 0 Å². The van der Waals surface area contributed by atoms with Gasteiger partial charge in [0, 0.05) is 25.7 Å². The van der Waals surface area contributed by atoms with E-state index in [2.05, 4.69) is 15.3 Å². The Morgan fingerprint density at radius 2 is 1.79 bits per heavy atom. The highest BCUT2D eigenvalue weighted by atomic mass is 16.1. The van der Waals surface area contributed by atoms with E-state index in [0.29, 0.717) is 29.6 Å². The van der Waals surface area contributed by atoms with Gasteiger partial charge in [0.2, 0.25) is 5.91 Å². The Bertz CT molecular complexity index is 895. The lowest BCUT2D eigenvalue weighted by Crippen LogP contribution is -3.22. The maximum atomic E-state index is 12.6. The number of benzene rings is 1. The van der Waals surface area contributed by atoms with Gasteiger partial charge in [-0.05, 0) is 44.2 Å². The van der Waals surface area contributed by atoms with E-state index < -0.39 is 0 Å². The quantitative estimate of drug-likeness (QED) is 0.695. The number of carbonyl (C=O) groups is 1. The van der Waals surface area contributed by atoms with Crippen LogP contribution in [0.15, 0.2) is 29.1 Å². The highest BCUT2D eigenvalue weighted by Gasteiger charge is 2.42. The molecule has 1 aromatic carbocycles. The molecule has 1 aromatic heterocycles. The smallest absolute Gasteiger partial charge is 0.258 e. The van der Waals surface area contributed by atoms with Crippen molar-refractivity contribution in [2.45, 2.75) is 69.7 Å². The van der Waals surface area contributed by atoms with Crippen molar-refractivity contribution < 1.29 is 9.69 Å². The van der Waals surface area contributed by atoms with Crippen LogP contribution in [0.25, 0.3) is 10.9 Å². The van der Waals surface area contributed by atoms with Gasteiger partial charge in [0.15, 0.2) is 0 Å². The van der Waals surface area contributed by atoms with Crippen LogP contribution >= 0.6 is 0 Å². The SMILES string of the molecule is O=C(CCc1nc2ccccc2c(=O)[nH]1)NCC1([NH+]2CCCCC2)CCCCC1. The second-order valence-electron chi connectivity index (χ2n) is 8.81. The van der Waals surface area contributed by atoms with Crippen molar-refractivity contribution in [3.8, 4) is 0 Å². The molecule has 0 bridgehead atoms. The van der Waals surface area contributed by atoms with E-state index in [1.807, 2.05) is 18.2 Å². The minimum absolute atomic E-state index is 0.0576. The molecular weight excluding hydrogens is 364 g/mol. The first-order chi connectivity index (χ1) is 14.2. The van der Waals surface area contributed by atoms with Crippen LogP contribution in [0.2, 0.25) is 0 Å². The number of likely N-dealkylation sites (tertiary alicyclic amines) is 1. The number of nitrogens with zero attached hydrogens (tertiary/aromatic N) is 1. The maximum absolute atomic E-state index is 12.6. The molecule has 1 aliphatic carbocycles. The molecule has 156 valence electrons. The number of nitrogens with one attached hydrogen (secondary N) is 3. The van der Waals surface area contributed by atoms with Crippen molar-refractivity contribution in [2.75, 3.05) is 19.6 Å². The van der Waals surface area contributed by atoms with Crippen LogP contribution in [0.3, 0.4) is 0 Å². The molecule has 2 heterocycles. The fraction of sp³-hybridized carbons (Fsp3) is 0.609. The molecule has 1 amide bonds. The molecule has 0 unspecified atom stereocenters. The second-order valence-corrected chi connectivity index (χ2v) is 8.81. The van der Waals surface area contributed by atoms with Crippen LogP contribution in [0.5, 0.6) is 0 Å². The summed E-state index contributed by atoms with van der Waals surface area (Å²) >= 11 is 0. The van der Waals surface area contributed by atoms with Crippen molar-refractivity contribution >= 4 is 16.8 Å². The van der Waals surface area contributed by atoms with Crippen molar-refractivity contribution in [1.29, 1.82) is 0 Å². The summed E-state index contributed by atoms with van der Waals surface area (Å²) < 4.78 is 0.